The first-order valence-electron chi connectivity index (χ1n) is 13.0. The fourth-order valence-electron chi connectivity index (χ4n) is 4.64. The number of thiazole rings is 1. The highest BCUT2D eigenvalue weighted by Gasteiger charge is 2.48. The summed E-state index contributed by atoms with van der Waals surface area (Å²) in [5.41, 5.74) is 1.15. The molecular formula is C31H29FN2O6S. The topological polar surface area (TPSA) is 98.2 Å². The van der Waals surface area contributed by atoms with Crippen molar-refractivity contribution in [2.24, 2.45) is 5.92 Å². The average Bonchev–Trinajstić information content (AvgIpc) is 3.49. The van der Waals surface area contributed by atoms with Crippen LogP contribution in [0, 0.1) is 11.7 Å². The van der Waals surface area contributed by atoms with Crippen molar-refractivity contribution in [1.82, 2.24) is 4.98 Å². The first-order valence-corrected chi connectivity index (χ1v) is 13.9. The number of hydrogen-bond acceptors (Lipinski definition) is 8. The molecule has 4 aromatic rings. The van der Waals surface area contributed by atoms with E-state index >= 15 is 0 Å². The predicted octanol–water partition coefficient (Wildman–Crippen LogP) is 6.50. The number of anilines is 1. The quantitative estimate of drug-likeness (QED) is 0.138. The summed E-state index contributed by atoms with van der Waals surface area (Å²) >= 11 is 1.08. The third kappa shape index (κ3) is 5.47. The molecule has 212 valence electrons. The van der Waals surface area contributed by atoms with Gasteiger partial charge in [0.25, 0.3) is 5.78 Å². The van der Waals surface area contributed by atoms with Crippen LogP contribution in [0.4, 0.5) is 9.52 Å². The molecule has 8 nitrogen and oxygen atoms in total. The van der Waals surface area contributed by atoms with Crippen LogP contribution in [0.2, 0.25) is 0 Å². The van der Waals surface area contributed by atoms with E-state index < -0.39 is 23.5 Å². The van der Waals surface area contributed by atoms with E-state index in [1.54, 1.807) is 42.5 Å². The molecule has 1 aromatic heterocycles. The van der Waals surface area contributed by atoms with Gasteiger partial charge in [-0.15, -0.1) is 0 Å². The number of ether oxygens (including phenoxy) is 3. The Bertz CT molecular complexity index is 1660. The largest absolute Gasteiger partial charge is 0.507 e. The van der Waals surface area contributed by atoms with E-state index in [1.807, 2.05) is 0 Å². The van der Waals surface area contributed by atoms with Gasteiger partial charge in [-0.25, -0.2) is 9.37 Å². The van der Waals surface area contributed by atoms with E-state index in [9.17, 15) is 19.1 Å². The molecule has 0 radical (unpaired) electrons. The molecule has 3 aromatic carbocycles. The average molecular weight is 577 g/mol. The molecule has 1 amide bonds. The standard InChI is InChI=1S/C31H29FN2O6S/c1-17(2)12-13-40-23-11-8-18(15-24(23)39-4)27-26(28(35)19-6-5-7-21(14-19)38-3)29(36)30(37)34(27)31-33-22-10-9-20(32)16-25(22)41-31/h5-11,14-17,27,35H,12-13H2,1-4H3. The first kappa shape index (κ1) is 28.1. The lowest BCUT2D eigenvalue weighted by Gasteiger charge is -2.24. The van der Waals surface area contributed by atoms with Crippen LogP contribution in [-0.2, 0) is 9.59 Å². The molecule has 2 heterocycles. The summed E-state index contributed by atoms with van der Waals surface area (Å²) in [6, 6.07) is 14.8. The molecule has 5 rings (SSSR count). The maximum atomic E-state index is 13.9. The van der Waals surface area contributed by atoms with Crippen molar-refractivity contribution < 1.29 is 33.3 Å². The van der Waals surface area contributed by atoms with Crippen molar-refractivity contribution in [3.63, 3.8) is 0 Å². The second kappa shape index (κ2) is 11.6. The number of aliphatic hydroxyl groups excluding tert-OH is 1. The van der Waals surface area contributed by atoms with Crippen molar-refractivity contribution >= 4 is 44.1 Å². The molecule has 0 aliphatic carbocycles. The molecule has 1 unspecified atom stereocenters. The van der Waals surface area contributed by atoms with Crippen molar-refractivity contribution in [2.75, 3.05) is 25.7 Å². The number of hydrogen-bond donors (Lipinski definition) is 1. The van der Waals surface area contributed by atoms with E-state index in [0.717, 1.165) is 17.8 Å². The number of halogens is 1. The Morgan fingerprint density at radius 2 is 1.85 bits per heavy atom. The van der Waals surface area contributed by atoms with Gasteiger partial charge in [-0.3, -0.25) is 14.5 Å². The van der Waals surface area contributed by atoms with Crippen LogP contribution in [0.15, 0.2) is 66.2 Å². The van der Waals surface area contributed by atoms with Crippen molar-refractivity contribution in [3.05, 3.63) is 83.2 Å². The van der Waals surface area contributed by atoms with Crippen LogP contribution in [-0.4, -0.2) is 42.6 Å². The van der Waals surface area contributed by atoms with Crippen LogP contribution in [0.1, 0.15) is 37.4 Å². The molecule has 0 spiro atoms. The number of ketones is 1. The summed E-state index contributed by atoms with van der Waals surface area (Å²) in [5, 5.41) is 11.6. The summed E-state index contributed by atoms with van der Waals surface area (Å²) in [4.78, 5) is 32.9. The second-order valence-corrected chi connectivity index (χ2v) is 11.0. The highest BCUT2D eigenvalue weighted by molar-refractivity contribution is 7.22. The number of carbonyl (C=O) groups is 2. The minimum absolute atomic E-state index is 0.121. The number of Topliss-reactive ketones (excluding diaryl/α,β-unsaturated/α-hetero) is 1. The number of aromatic nitrogens is 1. The van der Waals surface area contributed by atoms with Gasteiger partial charge in [0.2, 0.25) is 0 Å². The number of rotatable bonds is 9. The normalized spacial score (nSPS) is 16.5. The summed E-state index contributed by atoms with van der Waals surface area (Å²) in [5.74, 6) is -0.703. The zero-order chi connectivity index (χ0) is 29.3. The first-order chi connectivity index (χ1) is 19.7. The number of amides is 1. The molecule has 1 saturated heterocycles. The van der Waals surface area contributed by atoms with Crippen LogP contribution >= 0.6 is 11.3 Å². The van der Waals surface area contributed by atoms with Crippen molar-refractivity contribution in [2.45, 2.75) is 26.3 Å². The Kier molecular flexibility index (Phi) is 7.94. The zero-order valence-corrected chi connectivity index (χ0v) is 23.8. The van der Waals surface area contributed by atoms with Crippen LogP contribution < -0.4 is 19.1 Å². The lowest BCUT2D eigenvalue weighted by molar-refractivity contribution is -0.132. The smallest absolute Gasteiger partial charge is 0.301 e. The fraction of sp³-hybridized carbons (Fsp3) is 0.258. The highest BCUT2D eigenvalue weighted by Crippen LogP contribution is 2.46. The molecule has 1 atom stereocenters. The third-order valence-corrected chi connectivity index (χ3v) is 7.81. The molecule has 1 aliphatic heterocycles. The number of fused-ring (bicyclic) bond motifs is 1. The van der Waals surface area contributed by atoms with Crippen LogP contribution in [0.3, 0.4) is 0 Å². The van der Waals surface area contributed by atoms with Crippen molar-refractivity contribution in [3.8, 4) is 17.2 Å². The van der Waals surface area contributed by atoms with Gasteiger partial charge in [-0.1, -0.05) is 43.4 Å². The van der Waals surface area contributed by atoms with Gasteiger partial charge in [0.15, 0.2) is 16.6 Å². The Labute approximate surface area is 240 Å². The number of benzene rings is 3. The molecule has 0 bridgehead atoms. The number of nitrogens with zero attached hydrogens (tertiary/aromatic N) is 2. The summed E-state index contributed by atoms with van der Waals surface area (Å²) < 4.78 is 31.3. The van der Waals surface area contributed by atoms with Gasteiger partial charge in [0, 0.05) is 5.56 Å². The molecule has 1 aliphatic rings. The van der Waals surface area contributed by atoms with E-state index in [-0.39, 0.29) is 16.5 Å². The van der Waals surface area contributed by atoms with Gasteiger partial charge >= 0.3 is 5.91 Å². The fourth-order valence-corrected chi connectivity index (χ4v) is 5.66. The SMILES string of the molecule is COc1cccc(C(O)=C2C(=O)C(=O)N(c3nc4ccc(F)cc4s3)C2c2ccc(OCCC(C)C)c(OC)c2)c1. The van der Waals surface area contributed by atoms with E-state index in [4.69, 9.17) is 14.2 Å². The summed E-state index contributed by atoms with van der Waals surface area (Å²) in [6.45, 7) is 4.70. The second-order valence-electron chi connectivity index (χ2n) is 9.95. The summed E-state index contributed by atoms with van der Waals surface area (Å²) in [6.07, 6.45) is 0.851. The Morgan fingerprint density at radius 1 is 1.05 bits per heavy atom. The third-order valence-electron chi connectivity index (χ3n) is 6.79. The van der Waals surface area contributed by atoms with Crippen LogP contribution in [0.25, 0.3) is 16.0 Å². The lowest BCUT2D eigenvalue weighted by Crippen LogP contribution is -2.29. The number of carbonyl (C=O) groups excluding carboxylic acids is 2. The molecule has 1 N–H and O–H groups in total. The van der Waals surface area contributed by atoms with Gasteiger partial charge in [-0.2, -0.15) is 0 Å². The van der Waals surface area contributed by atoms with E-state index in [0.29, 0.717) is 51.1 Å². The Hall–Kier alpha value is -4.44. The van der Waals surface area contributed by atoms with Gasteiger partial charge in [0.05, 0.1) is 42.7 Å². The van der Waals surface area contributed by atoms with E-state index in [1.165, 1.54) is 37.3 Å². The van der Waals surface area contributed by atoms with Crippen LogP contribution in [0.5, 0.6) is 17.2 Å². The van der Waals surface area contributed by atoms with E-state index in [2.05, 4.69) is 18.8 Å². The molecular weight excluding hydrogens is 547 g/mol. The lowest BCUT2D eigenvalue weighted by atomic mass is 9.95. The maximum Gasteiger partial charge on any atom is 0.301 e. The molecule has 1 fully saturated rings. The predicted molar refractivity (Wildman–Crippen MR) is 155 cm³/mol. The molecule has 10 heteroatoms. The molecule has 0 saturated carbocycles. The Balaban J connectivity index is 1.67. The minimum atomic E-state index is -1.05. The Morgan fingerprint density at radius 3 is 2.59 bits per heavy atom. The zero-order valence-electron chi connectivity index (χ0n) is 23.0. The van der Waals surface area contributed by atoms with Gasteiger partial charge in [0.1, 0.15) is 17.3 Å². The number of methoxy groups -OCH3 is 2. The maximum absolute atomic E-state index is 13.9. The minimum Gasteiger partial charge on any atom is -0.507 e. The van der Waals surface area contributed by atoms with Crippen molar-refractivity contribution in [1.29, 1.82) is 0 Å². The van der Waals surface area contributed by atoms with Gasteiger partial charge < -0.3 is 19.3 Å². The monoisotopic (exact) mass is 576 g/mol. The highest BCUT2D eigenvalue weighted by atomic mass is 32.1. The van der Waals surface area contributed by atoms with Gasteiger partial charge in [-0.05, 0) is 60.4 Å². The summed E-state index contributed by atoms with van der Waals surface area (Å²) in [7, 11) is 2.99. The number of aliphatic hydroxyl groups is 1. The molecule has 41 heavy (non-hydrogen) atoms.